The Balaban J connectivity index is 0.00000405. The van der Waals surface area contributed by atoms with Gasteiger partial charge in [-0.2, -0.15) is 0 Å². The number of sulfonamides is 1. The first-order valence-corrected chi connectivity index (χ1v) is 15.1. The van der Waals surface area contributed by atoms with Crippen LogP contribution in [0.1, 0.15) is 10.4 Å². The summed E-state index contributed by atoms with van der Waals surface area (Å²) in [5.41, 5.74) is 1.44. The average Bonchev–Trinajstić information content (AvgIpc) is 3.41. The van der Waals surface area contributed by atoms with Gasteiger partial charge in [0.05, 0.1) is 27.1 Å². The lowest BCUT2D eigenvalue weighted by molar-refractivity contribution is -0.384. The summed E-state index contributed by atoms with van der Waals surface area (Å²) in [6.45, 7) is 4.18. The van der Waals surface area contributed by atoms with Crippen LogP contribution in [0.3, 0.4) is 0 Å². The third-order valence-electron chi connectivity index (χ3n) is 6.67. The lowest BCUT2D eigenvalue weighted by atomic mass is 10.2. The first kappa shape index (κ1) is 31.0. The fourth-order valence-electron chi connectivity index (χ4n) is 4.44. The van der Waals surface area contributed by atoms with Crippen molar-refractivity contribution in [3.63, 3.8) is 0 Å². The number of halogens is 1. The SMILES string of the molecule is COc1ccc(S(=O)(=O)Nc2cccc(C(=O)NCCN3CCN(c4nc5ccc([N+](=O)[O-])cc5s4)CC3)c2)cc1.Cl. The van der Waals surface area contributed by atoms with Gasteiger partial charge in [-0.1, -0.05) is 17.4 Å². The number of non-ortho nitro benzene ring substituents is 1. The number of anilines is 2. The van der Waals surface area contributed by atoms with Crippen LogP contribution >= 0.6 is 23.7 Å². The Bertz CT molecular complexity index is 1670. The molecule has 15 heteroatoms. The quantitative estimate of drug-likeness (QED) is 0.196. The number of nitro groups is 1. The second kappa shape index (κ2) is 13.3. The van der Waals surface area contributed by atoms with E-state index >= 15 is 0 Å². The van der Waals surface area contributed by atoms with Gasteiger partial charge in [-0.15, -0.1) is 12.4 Å². The van der Waals surface area contributed by atoms with Crippen LogP contribution < -0.4 is 19.7 Å². The Morgan fingerprint density at radius 3 is 2.50 bits per heavy atom. The van der Waals surface area contributed by atoms with Gasteiger partial charge >= 0.3 is 0 Å². The number of aromatic nitrogens is 1. The summed E-state index contributed by atoms with van der Waals surface area (Å²) in [5, 5.41) is 14.8. The molecule has 0 unspecified atom stereocenters. The number of hydrogen-bond acceptors (Lipinski definition) is 10. The first-order chi connectivity index (χ1) is 19.7. The Morgan fingerprint density at radius 1 is 1.07 bits per heavy atom. The summed E-state index contributed by atoms with van der Waals surface area (Å²) >= 11 is 1.45. The number of amides is 1. The molecule has 0 radical (unpaired) electrons. The van der Waals surface area contributed by atoms with Crippen molar-refractivity contribution < 1.29 is 22.9 Å². The third-order valence-corrected chi connectivity index (χ3v) is 9.15. The minimum Gasteiger partial charge on any atom is -0.497 e. The van der Waals surface area contributed by atoms with Gasteiger partial charge in [0.25, 0.3) is 21.6 Å². The van der Waals surface area contributed by atoms with Crippen LogP contribution in [0, 0.1) is 10.1 Å². The monoisotopic (exact) mass is 632 g/mol. The summed E-state index contributed by atoms with van der Waals surface area (Å²) in [4.78, 5) is 32.5. The van der Waals surface area contributed by atoms with Crippen LogP contribution in [-0.4, -0.2) is 75.5 Å². The zero-order chi connectivity index (χ0) is 29.0. The molecule has 42 heavy (non-hydrogen) atoms. The van der Waals surface area contributed by atoms with E-state index in [1.165, 1.54) is 42.7 Å². The summed E-state index contributed by atoms with van der Waals surface area (Å²) in [6.07, 6.45) is 0. The van der Waals surface area contributed by atoms with Gasteiger partial charge in [0.1, 0.15) is 5.75 Å². The molecule has 1 aliphatic heterocycles. The molecule has 1 amide bonds. The molecular formula is C27H29ClN6O6S2. The van der Waals surface area contributed by atoms with E-state index < -0.39 is 14.9 Å². The number of nitrogens with one attached hydrogen (secondary N) is 2. The maximum atomic E-state index is 12.8. The molecule has 222 valence electrons. The Labute approximate surface area is 252 Å². The van der Waals surface area contributed by atoms with Crippen LogP contribution in [0.5, 0.6) is 5.75 Å². The highest BCUT2D eigenvalue weighted by Gasteiger charge is 2.21. The fraction of sp³-hybridized carbons (Fsp3) is 0.259. The molecule has 0 spiro atoms. The van der Waals surface area contributed by atoms with Gasteiger partial charge in [0, 0.05) is 62.7 Å². The Hall–Kier alpha value is -3.98. The number of fused-ring (bicyclic) bond motifs is 1. The number of carbonyl (C=O) groups is 1. The third kappa shape index (κ3) is 7.26. The van der Waals surface area contributed by atoms with Gasteiger partial charge in [-0.25, -0.2) is 13.4 Å². The molecule has 0 saturated carbocycles. The van der Waals surface area contributed by atoms with Crippen molar-refractivity contribution in [2.45, 2.75) is 4.90 Å². The van der Waals surface area contributed by atoms with E-state index in [0.717, 1.165) is 41.5 Å². The lowest BCUT2D eigenvalue weighted by Gasteiger charge is -2.34. The predicted molar refractivity (Wildman–Crippen MR) is 165 cm³/mol. The molecule has 1 saturated heterocycles. The molecule has 1 aliphatic rings. The highest BCUT2D eigenvalue weighted by Crippen LogP contribution is 2.31. The van der Waals surface area contributed by atoms with Crippen molar-refractivity contribution in [3.8, 4) is 5.75 Å². The van der Waals surface area contributed by atoms with Gasteiger partial charge in [-0.3, -0.25) is 24.5 Å². The molecule has 0 bridgehead atoms. The average molecular weight is 633 g/mol. The van der Waals surface area contributed by atoms with Crippen LogP contribution in [-0.2, 0) is 10.0 Å². The highest BCUT2D eigenvalue weighted by atomic mass is 35.5. The Morgan fingerprint density at radius 2 is 1.81 bits per heavy atom. The van der Waals surface area contributed by atoms with Gasteiger partial charge in [0.2, 0.25) is 0 Å². The summed E-state index contributed by atoms with van der Waals surface area (Å²) < 4.78 is 33.8. The number of benzene rings is 3. The predicted octanol–water partition coefficient (Wildman–Crippen LogP) is 3.99. The smallest absolute Gasteiger partial charge is 0.270 e. The van der Waals surface area contributed by atoms with Crippen molar-refractivity contribution in [2.24, 2.45) is 0 Å². The highest BCUT2D eigenvalue weighted by molar-refractivity contribution is 7.92. The van der Waals surface area contributed by atoms with E-state index in [2.05, 4.69) is 24.8 Å². The van der Waals surface area contributed by atoms with Crippen molar-refractivity contribution in [1.82, 2.24) is 15.2 Å². The maximum absolute atomic E-state index is 12.8. The first-order valence-electron chi connectivity index (χ1n) is 12.8. The number of thiazole rings is 1. The largest absolute Gasteiger partial charge is 0.497 e. The molecule has 5 rings (SSSR count). The second-order valence-electron chi connectivity index (χ2n) is 9.35. The van der Waals surface area contributed by atoms with Crippen molar-refractivity contribution in [1.29, 1.82) is 0 Å². The molecule has 3 aromatic carbocycles. The number of nitrogens with zero attached hydrogens (tertiary/aromatic N) is 4. The molecule has 0 aliphatic carbocycles. The number of ether oxygens (including phenoxy) is 1. The molecule has 0 atom stereocenters. The number of rotatable bonds is 10. The molecule has 2 N–H and O–H groups in total. The van der Waals surface area contributed by atoms with E-state index in [1.807, 2.05) is 0 Å². The minimum absolute atomic E-state index is 0. The number of hydrogen-bond donors (Lipinski definition) is 2. The molecular weight excluding hydrogens is 604 g/mol. The second-order valence-corrected chi connectivity index (χ2v) is 12.0. The van der Waals surface area contributed by atoms with Crippen molar-refractivity contribution >= 4 is 66.4 Å². The standard InChI is InChI=1S/C27H28N6O6S2.ClH/c1-39-22-6-8-23(9-7-22)41(37,38)30-20-4-2-3-19(17-20)26(34)28-11-12-31-13-15-32(16-14-31)27-29-24-10-5-21(33(35)36)18-25(24)40-27;/h2-10,17-18,30H,11-16H2,1H3,(H,28,34);1H. The number of nitro benzene ring substituents is 1. The van der Waals surface area contributed by atoms with Crippen LogP contribution in [0.25, 0.3) is 10.2 Å². The number of carbonyl (C=O) groups excluding carboxylic acids is 1. The zero-order valence-corrected chi connectivity index (χ0v) is 25.0. The maximum Gasteiger partial charge on any atom is 0.270 e. The number of piperazine rings is 1. The number of methoxy groups -OCH3 is 1. The van der Waals surface area contributed by atoms with Crippen LogP contribution in [0.2, 0.25) is 0 Å². The summed E-state index contributed by atoms with van der Waals surface area (Å²) in [5.74, 6) is 0.255. The summed E-state index contributed by atoms with van der Waals surface area (Å²) in [7, 11) is -2.33. The van der Waals surface area contributed by atoms with Crippen LogP contribution in [0.4, 0.5) is 16.5 Å². The minimum atomic E-state index is -3.83. The van der Waals surface area contributed by atoms with E-state index in [1.54, 1.807) is 42.5 Å². The fourth-order valence-corrected chi connectivity index (χ4v) is 6.54. The van der Waals surface area contributed by atoms with Gasteiger partial charge < -0.3 is 15.0 Å². The van der Waals surface area contributed by atoms with Crippen molar-refractivity contribution in [2.75, 3.05) is 56.0 Å². The molecule has 12 nitrogen and oxygen atoms in total. The molecule has 1 aromatic heterocycles. The van der Waals surface area contributed by atoms with E-state index in [9.17, 15) is 23.3 Å². The summed E-state index contributed by atoms with van der Waals surface area (Å²) in [6, 6.07) is 17.1. The normalized spacial score (nSPS) is 13.8. The van der Waals surface area contributed by atoms with Gasteiger partial charge in [-0.05, 0) is 48.5 Å². The molecule has 1 fully saturated rings. The topological polar surface area (TPSA) is 147 Å². The van der Waals surface area contributed by atoms with Crippen molar-refractivity contribution in [3.05, 3.63) is 82.4 Å². The lowest BCUT2D eigenvalue weighted by Crippen LogP contribution is -2.48. The van der Waals surface area contributed by atoms with Crippen LogP contribution in [0.15, 0.2) is 71.6 Å². The van der Waals surface area contributed by atoms with Gasteiger partial charge in [0.15, 0.2) is 5.13 Å². The zero-order valence-electron chi connectivity index (χ0n) is 22.6. The van der Waals surface area contributed by atoms with E-state index in [-0.39, 0.29) is 34.6 Å². The molecule has 4 aromatic rings. The van der Waals surface area contributed by atoms with E-state index in [0.29, 0.717) is 24.4 Å². The molecule has 2 heterocycles. The Kier molecular flexibility index (Phi) is 9.83. The van der Waals surface area contributed by atoms with E-state index in [4.69, 9.17) is 4.74 Å².